The zero-order valence-corrected chi connectivity index (χ0v) is 9.56. The van der Waals surface area contributed by atoms with Crippen molar-refractivity contribution in [3.05, 3.63) is 24.0 Å². The van der Waals surface area contributed by atoms with Crippen LogP contribution in [0.15, 0.2) is 18.3 Å². The van der Waals surface area contributed by atoms with E-state index < -0.39 is 0 Å². The molecule has 0 atom stereocenters. The Morgan fingerprint density at radius 1 is 1.47 bits per heavy atom. The van der Waals surface area contributed by atoms with Gasteiger partial charge in [-0.3, -0.25) is 9.78 Å². The maximum absolute atomic E-state index is 11.4. The van der Waals surface area contributed by atoms with Crippen LogP contribution in [-0.4, -0.2) is 42.4 Å². The average molecular weight is 239 g/mol. The second kappa shape index (κ2) is 7.59. The summed E-state index contributed by atoms with van der Waals surface area (Å²) >= 11 is 0. The van der Waals surface area contributed by atoms with E-state index in [2.05, 4.69) is 10.3 Å². The lowest BCUT2D eigenvalue weighted by Gasteiger charge is -2.05. The number of carbonyl (C=O) groups excluding carboxylic acids is 1. The molecule has 0 spiro atoms. The van der Waals surface area contributed by atoms with Crippen molar-refractivity contribution in [1.82, 2.24) is 10.3 Å². The first-order valence-electron chi connectivity index (χ1n) is 5.38. The summed E-state index contributed by atoms with van der Waals surface area (Å²) in [5.41, 5.74) is 6.73. The van der Waals surface area contributed by atoms with Crippen LogP contribution < -0.4 is 11.1 Å². The number of hydrogen-bond acceptors (Lipinski definition) is 5. The summed E-state index contributed by atoms with van der Waals surface area (Å²) in [5, 5.41) is 11.1. The number of nitrogens with zero attached hydrogens (tertiary/aromatic N) is 1. The van der Waals surface area contributed by atoms with Gasteiger partial charge in [-0.25, -0.2) is 0 Å². The van der Waals surface area contributed by atoms with Crippen molar-refractivity contribution in [2.24, 2.45) is 0 Å². The molecule has 4 N–H and O–H groups in total. The van der Waals surface area contributed by atoms with Crippen molar-refractivity contribution < 1.29 is 14.6 Å². The summed E-state index contributed by atoms with van der Waals surface area (Å²) in [6.45, 7) is 1.09. The maximum atomic E-state index is 11.4. The van der Waals surface area contributed by atoms with Gasteiger partial charge in [-0.15, -0.1) is 0 Å². The van der Waals surface area contributed by atoms with E-state index in [1.54, 1.807) is 12.1 Å². The molecule has 6 nitrogen and oxygen atoms in total. The number of hydrogen-bond donors (Lipinski definition) is 3. The number of nitrogen functional groups attached to an aromatic ring is 1. The lowest BCUT2D eigenvalue weighted by Crippen LogP contribution is -2.29. The number of amides is 1. The van der Waals surface area contributed by atoms with Crippen LogP contribution in [0.2, 0.25) is 0 Å². The highest BCUT2D eigenvalue weighted by Gasteiger charge is 2.03. The summed E-state index contributed by atoms with van der Waals surface area (Å²) in [4.78, 5) is 15.5. The fraction of sp³-hybridized carbons (Fsp3) is 0.455. The molecule has 0 saturated heterocycles. The molecule has 0 aliphatic carbocycles. The molecule has 1 rings (SSSR count). The Hall–Kier alpha value is -1.66. The molecule has 1 aromatic rings. The Morgan fingerprint density at radius 2 is 2.29 bits per heavy atom. The van der Waals surface area contributed by atoms with Gasteiger partial charge in [0, 0.05) is 12.2 Å². The van der Waals surface area contributed by atoms with Crippen molar-refractivity contribution in [2.75, 3.05) is 32.1 Å². The average Bonchev–Trinajstić information content (AvgIpc) is 2.32. The standard InChI is InChI=1S/C11H17N3O3/c12-9-1-2-10(14-8-9)7-11(16)13-3-5-17-6-4-15/h1-2,8,15H,3-7,12H2,(H,13,16). The van der Waals surface area contributed by atoms with Gasteiger partial charge in [-0.1, -0.05) is 0 Å². The first kappa shape index (κ1) is 13.4. The molecule has 0 saturated carbocycles. The van der Waals surface area contributed by atoms with Crippen LogP contribution >= 0.6 is 0 Å². The summed E-state index contributed by atoms with van der Waals surface area (Å²) in [5.74, 6) is -0.116. The number of nitrogens with two attached hydrogens (primary N) is 1. The van der Waals surface area contributed by atoms with E-state index in [0.29, 0.717) is 24.5 Å². The molecule has 0 aromatic carbocycles. The second-order valence-electron chi connectivity index (χ2n) is 3.45. The van der Waals surface area contributed by atoms with Crippen LogP contribution in [0.25, 0.3) is 0 Å². The summed E-state index contributed by atoms with van der Waals surface area (Å²) in [6, 6.07) is 3.43. The van der Waals surface area contributed by atoms with Gasteiger partial charge in [-0.2, -0.15) is 0 Å². The van der Waals surface area contributed by atoms with Gasteiger partial charge in [-0.05, 0) is 12.1 Å². The van der Waals surface area contributed by atoms with Crippen LogP contribution in [0.3, 0.4) is 0 Å². The number of aliphatic hydroxyl groups is 1. The highest BCUT2D eigenvalue weighted by molar-refractivity contribution is 5.78. The fourth-order valence-corrected chi connectivity index (χ4v) is 1.20. The van der Waals surface area contributed by atoms with Crippen molar-refractivity contribution >= 4 is 11.6 Å². The minimum atomic E-state index is -0.116. The Balaban J connectivity index is 2.18. The van der Waals surface area contributed by atoms with Crippen molar-refractivity contribution in [1.29, 1.82) is 0 Å². The largest absolute Gasteiger partial charge is 0.397 e. The lowest BCUT2D eigenvalue weighted by molar-refractivity contribution is -0.120. The first-order chi connectivity index (χ1) is 8.22. The van der Waals surface area contributed by atoms with E-state index in [1.807, 2.05) is 0 Å². The monoisotopic (exact) mass is 239 g/mol. The van der Waals surface area contributed by atoms with E-state index in [0.717, 1.165) is 0 Å². The highest BCUT2D eigenvalue weighted by Crippen LogP contribution is 2.01. The quantitative estimate of drug-likeness (QED) is 0.548. The van der Waals surface area contributed by atoms with Crippen LogP contribution in [-0.2, 0) is 16.0 Å². The molecule has 6 heteroatoms. The zero-order valence-electron chi connectivity index (χ0n) is 9.56. The van der Waals surface area contributed by atoms with Gasteiger partial charge < -0.3 is 20.9 Å². The Bertz CT molecular complexity index is 340. The van der Waals surface area contributed by atoms with Crippen molar-refractivity contribution in [3.8, 4) is 0 Å². The predicted molar refractivity (Wildman–Crippen MR) is 63.3 cm³/mol. The van der Waals surface area contributed by atoms with Crippen molar-refractivity contribution in [2.45, 2.75) is 6.42 Å². The van der Waals surface area contributed by atoms with Crippen LogP contribution in [0.5, 0.6) is 0 Å². The molecule has 0 fully saturated rings. The van der Waals surface area contributed by atoms with E-state index in [1.165, 1.54) is 6.20 Å². The zero-order chi connectivity index (χ0) is 12.5. The number of rotatable bonds is 7. The van der Waals surface area contributed by atoms with Gasteiger partial charge in [0.05, 0.1) is 38.1 Å². The Labute approximate surface area is 99.8 Å². The molecule has 0 radical (unpaired) electrons. The van der Waals surface area contributed by atoms with Crippen molar-refractivity contribution in [3.63, 3.8) is 0 Å². The van der Waals surface area contributed by atoms with Crippen LogP contribution in [0.4, 0.5) is 5.69 Å². The number of pyridine rings is 1. The second-order valence-corrected chi connectivity index (χ2v) is 3.45. The van der Waals surface area contributed by atoms with E-state index in [-0.39, 0.29) is 25.5 Å². The van der Waals surface area contributed by atoms with E-state index >= 15 is 0 Å². The minimum absolute atomic E-state index is 0.0106. The molecule has 0 bridgehead atoms. The smallest absolute Gasteiger partial charge is 0.226 e. The molecule has 1 amide bonds. The third-order valence-corrected chi connectivity index (χ3v) is 1.99. The number of carbonyl (C=O) groups is 1. The minimum Gasteiger partial charge on any atom is -0.397 e. The SMILES string of the molecule is Nc1ccc(CC(=O)NCCOCCO)nc1. The molecular formula is C11H17N3O3. The fourth-order valence-electron chi connectivity index (χ4n) is 1.20. The molecular weight excluding hydrogens is 222 g/mol. The summed E-state index contributed by atoms with van der Waals surface area (Å²) < 4.78 is 5.00. The number of ether oxygens (including phenoxy) is 1. The van der Waals surface area contributed by atoms with Gasteiger partial charge in [0.2, 0.25) is 5.91 Å². The number of nitrogens with one attached hydrogen (secondary N) is 1. The van der Waals surface area contributed by atoms with Crippen LogP contribution in [0.1, 0.15) is 5.69 Å². The topological polar surface area (TPSA) is 97.5 Å². The normalized spacial score (nSPS) is 10.2. The van der Waals surface area contributed by atoms with Gasteiger partial charge in [0.15, 0.2) is 0 Å². The van der Waals surface area contributed by atoms with Gasteiger partial charge >= 0.3 is 0 Å². The van der Waals surface area contributed by atoms with Gasteiger partial charge in [0.25, 0.3) is 0 Å². The Morgan fingerprint density at radius 3 is 2.94 bits per heavy atom. The molecule has 94 valence electrons. The third kappa shape index (κ3) is 5.84. The third-order valence-electron chi connectivity index (χ3n) is 1.99. The number of aromatic nitrogens is 1. The number of anilines is 1. The molecule has 1 heterocycles. The molecule has 17 heavy (non-hydrogen) atoms. The Kier molecular flexibility index (Phi) is 5.98. The molecule has 0 aliphatic rings. The van der Waals surface area contributed by atoms with E-state index in [4.69, 9.17) is 15.6 Å². The molecule has 0 unspecified atom stereocenters. The lowest BCUT2D eigenvalue weighted by atomic mass is 10.2. The number of aliphatic hydroxyl groups excluding tert-OH is 1. The highest BCUT2D eigenvalue weighted by atomic mass is 16.5. The maximum Gasteiger partial charge on any atom is 0.226 e. The van der Waals surface area contributed by atoms with E-state index in [9.17, 15) is 4.79 Å². The first-order valence-corrected chi connectivity index (χ1v) is 5.38. The predicted octanol–water partition coefficient (Wildman–Crippen LogP) is -0.669. The summed E-state index contributed by atoms with van der Waals surface area (Å²) in [6.07, 6.45) is 1.74. The molecule has 0 aliphatic heterocycles. The van der Waals surface area contributed by atoms with Gasteiger partial charge in [0.1, 0.15) is 0 Å². The summed E-state index contributed by atoms with van der Waals surface area (Å²) in [7, 11) is 0. The van der Waals surface area contributed by atoms with Crippen LogP contribution in [0, 0.1) is 0 Å². The molecule has 1 aromatic heterocycles.